The van der Waals surface area contributed by atoms with E-state index in [0.717, 1.165) is 29.9 Å². The van der Waals surface area contributed by atoms with Crippen LogP contribution in [0.15, 0.2) is 48.5 Å². The minimum Gasteiger partial charge on any atom is -0.366 e. The molecule has 0 aliphatic carbocycles. The Balaban J connectivity index is 1.25. The summed E-state index contributed by atoms with van der Waals surface area (Å²) in [5.74, 6) is 0.0984. The van der Waals surface area contributed by atoms with Crippen molar-refractivity contribution in [3.8, 4) is 11.4 Å². The lowest BCUT2D eigenvalue weighted by Crippen LogP contribution is -2.41. The molecule has 9 nitrogen and oxygen atoms in total. The monoisotopic (exact) mass is 447 g/mol. The van der Waals surface area contributed by atoms with Crippen molar-refractivity contribution in [3.05, 3.63) is 59.1 Å². The zero-order chi connectivity index (χ0) is 22.1. The predicted molar refractivity (Wildman–Crippen MR) is 120 cm³/mol. The van der Waals surface area contributed by atoms with Crippen molar-refractivity contribution >= 4 is 33.4 Å². The second kappa shape index (κ2) is 8.46. The molecule has 0 saturated carbocycles. The number of primary amides is 1. The molecule has 162 valence electrons. The summed E-state index contributed by atoms with van der Waals surface area (Å²) in [6.07, 6.45) is 1.96. The van der Waals surface area contributed by atoms with Crippen molar-refractivity contribution in [3.63, 3.8) is 0 Å². The third-order valence-electron chi connectivity index (χ3n) is 5.59. The summed E-state index contributed by atoms with van der Waals surface area (Å²) in [5, 5.41) is 13.5. The lowest BCUT2D eigenvalue weighted by molar-refractivity contribution is -0.133. The third-order valence-corrected chi connectivity index (χ3v) is 6.79. The molecule has 2 aromatic carbocycles. The molecule has 2 N–H and O–H groups in total. The molecule has 2 amide bonds. The molecule has 1 aliphatic heterocycles. The molecular weight excluding hydrogens is 426 g/mol. The molecule has 4 aromatic rings. The fraction of sp³-hybridized carbons (Fsp3) is 0.273. The fourth-order valence-electron chi connectivity index (χ4n) is 3.90. The molecule has 0 bridgehead atoms. The van der Waals surface area contributed by atoms with Gasteiger partial charge in [-0.05, 0) is 42.3 Å². The predicted octanol–water partition coefficient (Wildman–Crippen LogP) is 2.45. The van der Waals surface area contributed by atoms with Crippen LogP contribution in [0.4, 0.5) is 0 Å². The number of amides is 2. The van der Waals surface area contributed by atoms with Gasteiger partial charge in [-0.1, -0.05) is 24.3 Å². The largest absolute Gasteiger partial charge is 0.366 e. The molecule has 1 saturated heterocycles. The smallest absolute Gasteiger partial charge is 0.248 e. The summed E-state index contributed by atoms with van der Waals surface area (Å²) < 4.78 is 1.18. The van der Waals surface area contributed by atoms with E-state index < -0.39 is 5.91 Å². The average Bonchev–Trinajstić information content (AvgIpc) is 3.46. The minimum absolute atomic E-state index is 0.0267. The van der Waals surface area contributed by atoms with E-state index in [1.165, 1.54) is 9.50 Å². The maximum absolute atomic E-state index is 12.9. The van der Waals surface area contributed by atoms with Crippen molar-refractivity contribution < 1.29 is 9.59 Å². The summed E-state index contributed by atoms with van der Waals surface area (Å²) in [6, 6.07) is 14.8. The van der Waals surface area contributed by atoms with Gasteiger partial charge >= 0.3 is 0 Å². The van der Waals surface area contributed by atoms with Crippen LogP contribution in [0.25, 0.3) is 21.6 Å². The Bertz CT molecular complexity index is 1250. The van der Waals surface area contributed by atoms with Crippen molar-refractivity contribution in [2.24, 2.45) is 5.73 Å². The molecule has 1 unspecified atom stereocenters. The fourth-order valence-corrected chi connectivity index (χ4v) is 4.99. The SMILES string of the molecule is NC(=O)c1ccc(-c2nnn(CC(=O)N3CCCC(c4nc5ccccc5s4)C3)n2)cc1. The maximum atomic E-state index is 12.9. The van der Waals surface area contributed by atoms with E-state index in [0.29, 0.717) is 23.5 Å². The molecule has 1 fully saturated rings. The molecule has 1 atom stereocenters. The summed E-state index contributed by atoms with van der Waals surface area (Å²) in [4.78, 5) is 32.1. The minimum atomic E-state index is -0.496. The quantitative estimate of drug-likeness (QED) is 0.502. The number of piperidine rings is 1. The van der Waals surface area contributed by atoms with Gasteiger partial charge in [-0.15, -0.1) is 21.5 Å². The summed E-state index contributed by atoms with van der Waals surface area (Å²) >= 11 is 1.71. The number of carbonyl (C=O) groups is 2. The number of rotatable bonds is 5. The lowest BCUT2D eigenvalue weighted by atomic mass is 9.98. The van der Waals surface area contributed by atoms with Crippen molar-refractivity contribution in [1.29, 1.82) is 0 Å². The van der Waals surface area contributed by atoms with Gasteiger partial charge in [0, 0.05) is 30.1 Å². The van der Waals surface area contributed by atoms with Gasteiger partial charge in [0.15, 0.2) is 0 Å². The van der Waals surface area contributed by atoms with Crippen LogP contribution in [0.5, 0.6) is 0 Å². The van der Waals surface area contributed by atoms with E-state index in [1.807, 2.05) is 23.1 Å². The van der Waals surface area contributed by atoms with Gasteiger partial charge < -0.3 is 10.6 Å². The maximum Gasteiger partial charge on any atom is 0.248 e. The first kappa shape index (κ1) is 20.3. The highest BCUT2D eigenvalue weighted by Crippen LogP contribution is 2.33. The zero-order valence-electron chi connectivity index (χ0n) is 17.2. The Labute approximate surface area is 187 Å². The molecule has 0 radical (unpaired) electrons. The van der Waals surface area contributed by atoms with Crippen LogP contribution in [0.3, 0.4) is 0 Å². The number of thiazole rings is 1. The number of tetrazole rings is 1. The molecule has 32 heavy (non-hydrogen) atoms. The van der Waals surface area contributed by atoms with Gasteiger partial charge in [0.05, 0.1) is 15.2 Å². The topological polar surface area (TPSA) is 120 Å². The Kier molecular flexibility index (Phi) is 5.36. The number of aromatic nitrogens is 5. The van der Waals surface area contributed by atoms with Crippen LogP contribution in [0, 0.1) is 0 Å². The highest BCUT2D eigenvalue weighted by atomic mass is 32.1. The number of carbonyl (C=O) groups excluding carboxylic acids is 2. The van der Waals surface area contributed by atoms with Crippen LogP contribution in [0.2, 0.25) is 0 Å². The van der Waals surface area contributed by atoms with Crippen LogP contribution < -0.4 is 5.73 Å². The van der Waals surface area contributed by atoms with Crippen LogP contribution in [-0.2, 0) is 11.3 Å². The molecule has 2 aromatic heterocycles. The number of nitrogens with zero attached hydrogens (tertiary/aromatic N) is 6. The first-order valence-corrected chi connectivity index (χ1v) is 11.2. The van der Waals surface area contributed by atoms with Gasteiger partial charge in [-0.3, -0.25) is 9.59 Å². The highest BCUT2D eigenvalue weighted by molar-refractivity contribution is 7.18. The standard InChI is InChI=1S/C22H21N7O2S/c23-20(31)14-7-9-15(10-8-14)21-25-27-29(26-21)13-19(30)28-11-3-4-16(12-28)22-24-17-5-1-2-6-18(17)32-22/h1-2,5-10,16H,3-4,11-13H2,(H2,23,31). The van der Waals surface area contributed by atoms with Gasteiger partial charge in [0.1, 0.15) is 6.54 Å². The first-order chi connectivity index (χ1) is 15.6. The molecule has 3 heterocycles. The molecule has 10 heteroatoms. The Morgan fingerprint density at radius 2 is 1.94 bits per heavy atom. The van der Waals surface area contributed by atoms with Crippen molar-refractivity contribution in [1.82, 2.24) is 30.1 Å². The summed E-state index contributed by atoms with van der Waals surface area (Å²) in [7, 11) is 0. The second-order valence-corrected chi connectivity index (χ2v) is 8.85. The highest BCUT2D eigenvalue weighted by Gasteiger charge is 2.27. The Morgan fingerprint density at radius 3 is 2.72 bits per heavy atom. The van der Waals surface area contributed by atoms with Gasteiger partial charge in [-0.2, -0.15) is 4.80 Å². The Hall–Kier alpha value is -3.66. The number of likely N-dealkylation sites (tertiary alicyclic amines) is 1. The molecule has 0 spiro atoms. The van der Waals surface area contributed by atoms with E-state index in [4.69, 9.17) is 10.7 Å². The van der Waals surface area contributed by atoms with E-state index in [9.17, 15) is 9.59 Å². The van der Waals surface area contributed by atoms with E-state index in [-0.39, 0.29) is 18.4 Å². The second-order valence-electron chi connectivity index (χ2n) is 7.78. The molecule has 5 rings (SSSR count). The molecule has 1 aliphatic rings. The first-order valence-electron chi connectivity index (χ1n) is 10.4. The van der Waals surface area contributed by atoms with Crippen LogP contribution >= 0.6 is 11.3 Å². The number of benzene rings is 2. The van der Waals surface area contributed by atoms with Gasteiger partial charge in [0.2, 0.25) is 17.6 Å². The Morgan fingerprint density at radius 1 is 1.12 bits per heavy atom. The van der Waals surface area contributed by atoms with Crippen molar-refractivity contribution in [2.45, 2.75) is 25.3 Å². The third kappa shape index (κ3) is 4.09. The number of nitrogens with two attached hydrogens (primary N) is 1. The lowest BCUT2D eigenvalue weighted by Gasteiger charge is -2.31. The van der Waals surface area contributed by atoms with Crippen LogP contribution in [0.1, 0.15) is 34.1 Å². The van der Waals surface area contributed by atoms with E-state index >= 15 is 0 Å². The number of para-hydroxylation sites is 1. The van der Waals surface area contributed by atoms with Crippen LogP contribution in [-0.4, -0.2) is 55.0 Å². The van der Waals surface area contributed by atoms with E-state index in [2.05, 4.69) is 21.5 Å². The summed E-state index contributed by atoms with van der Waals surface area (Å²) in [6.45, 7) is 1.39. The van der Waals surface area contributed by atoms with Gasteiger partial charge in [0.25, 0.3) is 0 Å². The number of hydrogen-bond acceptors (Lipinski definition) is 7. The van der Waals surface area contributed by atoms with Gasteiger partial charge in [-0.25, -0.2) is 4.98 Å². The average molecular weight is 448 g/mol. The zero-order valence-corrected chi connectivity index (χ0v) is 18.0. The van der Waals surface area contributed by atoms with E-state index in [1.54, 1.807) is 35.6 Å². The molecular formula is C22H21N7O2S. The normalized spacial score (nSPS) is 16.4. The van der Waals surface area contributed by atoms with Crippen molar-refractivity contribution in [2.75, 3.05) is 13.1 Å². The summed E-state index contributed by atoms with van der Waals surface area (Å²) in [5.41, 5.74) is 7.38. The number of hydrogen-bond donors (Lipinski definition) is 1. The number of fused-ring (bicyclic) bond motifs is 1.